The van der Waals surface area contributed by atoms with E-state index in [0.717, 1.165) is 36.6 Å². The summed E-state index contributed by atoms with van der Waals surface area (Å²) in [5, 5.41) is 3.30. The number of fused-ring (bicyclic) bond motifs is 1. The van der Waals surface area contributed by atoms with Crippen LogP contribution in [-0.4, -0.2) is 12.9 Å². The second kappa shape index (κ2) is 4.86. The van der Waals surface area contributed by atoms with E-state index in [-0.39, 0.29) is 5.75 Å². The third-order valence-electron chi connectivity index (χ3n) is 4.47. The first-order valence-electron chi connectivity index (χ1n) is 7.06. The quantitative estimate of drug-likeness (QED) is 0.862. The molecule has 1 aromatic carbocycles. The van der Waals surface area contributed by atoms with E-state index < -0.39 is 6.36 Å². The molecule has 5 heteroatoms. The van der Waals surface area contributed by atoms with Crippen molar-refractivity contribution < 1.29 is 17.9 Å². The van der Waals surface area contributed by atoms with Crippen LogP contribution in [0.5, 0.6) is 5.75 Å². The highest BCUT2D eigenvalue weighted by Crippen LogP contribution is 2.46. The number of benzene rings is 1. The lowest BCUT2D eigenvalue weighted by Crippen LogP contribution is -2.17. The van der Waals surface area contributed by atoms with Crippen LogP contribution >= 0.6 is 0 Å². The first-order valence-corrected chi connectivity index (χ1v) is 7.06. The summed E-state index contributed by atoms with van der Waals surface area (Å²) in [4.78, 5) is 0. The standard InChI is InChI=1S/C15H18F3NO/c1-9-2-3-10(6-9)13-8-19-14-5-4-11(7-12(13)14)20-15(16,17)18/h4-5,7,9-10,13,19H,2-3,6,8H2,1H3. The zero-order valence-corrected chi connectivity index (χ0v) is 11.3. The molecule has 110 valence electrons. The van der Waals surface area contributed by atoms with Crippen LogP contribution in [-0.2, 0) is 0 Å². The van der Waals surface area contributed by atoms with E-state index in [0.29, 0.717) is 11.8 Å². The Labute approximate surface area is 116 Å². The summed E-state index contributed by atoms with van der Waals surface area (Å²) < 4.78 is 40.9. The van der Waals surface area contributed by atoms with Crippen molar-refractivity contribution >= 4 is 5.69 Å². The molecule has 0 bridgehead atoms. The minimum Gasteiger partial charge on any atom is -0.406 e. The van der Waals surface area contributed by atoms with Crippen molar-refractivity contribution in [3.8, 4) is 5.75 Å². The lowest BCUT2D eigenvalue weighted by atomic mass is 9.86. The topological polar surface area (TPSA) is 21.3 Å². The number of hydrogen-bond acceptors (Lipinski definition) is 2. The van der Waals surface area contributed by atoms with E-state index in [1.165, 1.54) is 12.5 Å². The van der Waals surface area contributed by atoms with Crippen LogP contribution in [0.1, 0.15) is 37.7 Å². The zero-order chi connectivity index (χ0) is 14.3. The van der Waals surface area contributed by atoms with Crippen LogP contribution in [0.3, 0.4) is 0 Å². The monoisotopic (exact) mass is 285 g/mol. The molecule has 1 aliphatic carbocycles. The molecule has 0 saturated heterocycles. The molecule has 20 heavy (non-hydrogen) atoms. The van der Waals surface area contributed by atoms with E-state index >= 15 is 0 Å². The largest absolute Gasteiger partial charge is 0.573 e. The highest BCUT2D eigenvalue weighted by molar-refractivity contribution is 5.60. The number of hydrogen-bond donors (Lipinski definition) is 1. The maximum atomic E-state index is 12.3. The van der Waals surface area contributed by atoms with Crippen LogP contribution in [0.4, 0.5) is 18.9 Å². The third-order valence-corrected chi connectivity index (χ3v) is 4.47. The molecular formula is C15H18F3NO. The molecule has 0 spiro atoms. The van der Waals surface area contributed by atoms with Crippen molar-refractivity contribution in [2.24, 2.45) is 11.8 Å². The summed E-state index contributed by atoms with van der Waals surface area (Å²) in [6, 6.07) is 4.62. The second-order valence-electron chi connectivity index (χ2n) is 5.96. The van der Waals surface area contributed by atoms with Crippen LogP contribution in [0.2, 0.25) is 0 Å². The molecule has 1 heterocycles. The Morgan fingerprint density at radius 2 is 2.05 bits per heavy atom. The molecule has 1 saturated carbocycles. The van der Waals surface area contributed by atoms with E-state index in [2.05, 4.69) is 17.0 Å². The Balaban J connectivity index is 1.82. The van der Waals surface area contributed by atoms with Crippen molar-refractivity contribution in [1.29, 1.82) is 0 Å². The zero-order valence-electron chi connectivity index (χ0n) is 11.3. The van der Waals surface area contributed by atoms with Crippen molar-refractivity contribution in [3.63, 3.8) is 0 Å². The Kier molecular flexibility index (Phi) is 3.30. The Hall–Kier alpha value is -1.39. The molecular weight excluding hydrogens is 267 g/mol. The Morgan fingerprint density at radius 1 is 1.25 bits per heavy atom. The number of alkyl halides is 3. The van der Waals surface area contributed by atoms with Crippen LogP contribution < -0.4 is 10.1 Å². The van der Waals surface area contributed by atoms with Gasteiger partial charge in [0.15, 0.2) is 0 Å². The van der Waals surface area contributed by atoms with Gasteiger partial charge in [-0.05, 0) is 48.4 Å². The lowest BCUT2D eigenvalue weighted by molar-refractivity contribution is -0.274. The summed E-state index contributed by atoms with van der Waals surface area (Å²) >= 11 is 0. The third kappa shape index (κ3) is 2.72. The molecule has 1 aromatic rings. The predicted molar refractivity (Wildman–Crippen MR) is 70.9 cm³/mol. The van der Waals surface area contributed by atoms with E-state index in [1.807, 2.05) is 0 Å². The van der Waals surface area contributed by atoms with Gasteiger partial charge in [-0.15, -0.1) is 13.2 Å². The van der Waals surface area contributed by atoms with E-state index in [1.54, 1.807) is 12.1 Å². The van der Waals surface area contributed by atoms with Gasteiger partial charge in [-0.25, -0.2) is 0 Å². The molecule has 2 aliphatic rings. The first kappa shape index (κ1) is 13.6. The molecule has 1 aliphatic heterocycles. The average molecular weight is 285 g/mol. The van der Waals surface area contributed by atoms with Gasteiger partial charge < -0.3 is 10.1 Å². The van der Waals surface area contributed by atoms with Gasteiger partial charge in [-0.1, -0.05) is 13.3 Å². The molecule has 3 rings (SSSR count). The average Bonchev–Trinajstić information content (AvgIpc) is 2.92. The number of anilines is 1. The fraction of sp³-hybridized carbons (Fsp3) is 0.600. The maximum Gasteiger partial charge on any atom is 0.573 e. The van der Waals surface area contributed by atoms with Gasteiger partial charge in [-0.2, -0.15) is 0 Å². The van der Waals surface area contributed by atoms with Crippen LogP contribution in [0, 0.1) is 11.8 Å². The van der Waals surface area contributed by atoms with Crippen LogP contribution in [0.15, 0.2) is 18.2 Å². The molecule has 0 radical (unpaired) electrons. The lowest BCUT2D eigenvalue weighted by Gasteiger charge is -2.19. The van der Waals surface area contributed by atoms with Crippen molar-refractivity contribution in [3.05, 3.63) is 23.8 Å². The molecule has 1 fully saturated rings. The highest BCUT2D eigenvalue weighted by atomic mass is 19.4. The minimum absolute atomic E-state index is 0.115. The smallest absolute Gasteiger partial charge is 0.406 e. The van der Waals surface area contributed by atoms with Crippen molar-refractivity contribution in [2.45, 2.75) is 38.5 Å². The normalized spacial score (nSPS) is 29.1. The van der Waals surface area contributed by atoms with Crippen molar-refractivity contribution in [1.82, 2.24) is 0 Å². The summed E-state index contributed by atoms with van der Waals surface area (Å²) in [5.74, 6) is 1.49. The number of nitrogens with one attached hydrogen (secondary N) is 1. The Morgan fingerprint density at radius 3 is 2.70 bits per heavy atom. The van der Waals surface area contributed by atoms with Gasteiger partial charge in [0, 0.05) is 18.2 Å². The van der Waals surface area contributed by atoms with Gasteiger partial charge in [0.2, 0.25) is 0 Å². The van der Waals surface area contributed by atoms with E-state index in [4.69, 9.17) is 0 Å². The highest BCUT2D eigenvalue weighted by Gasteiger charge is 2.35. The number of halogens is 3. The molecule has 0 aromatic heterocycles. The Bertz CT molecular complexity index is 500. The fourth-order valence-electron chi connectivity index (χ4n) is 3.57. The minimum atomic E-state index is -4.63. The number of ether oxygens (including phenoxy) is 1. The van der Waals surface area contributed by atoms with Crippen LogP contribution in [0.25, 0.3) is 0 Å². The maximum absolute atomic E-state index is 12.3. The summed E-state index contributed by atoms with van der Waals surface area (Å²) in [6.45, 7) is 3.06. The van der Waals surface area contributed by atoms with E-state index in [9.17, 15) is 13.2 Å². The molecule has 2 nitrogen and oxygen atoms in total. The van der Waals surface area contributed by atoms with Crippen molar-refractivity contribution in [2.75, 3.05) is 11.9 Å². The fourth-order valence-corrected chi connectivity index (χ4v) is 3.57. The van der Waals surface area contributed by atoms with Gasteiger partial charge in [0.25, 0.3) is 0 Å². The first-order chi connectivity index (χ1) is 9.42. The molecule has 3 atom stereocenters. The van der Waals surface area contributed by atoms with Gasteiger partial charge in [0.05, 0.1) is 0 Å². The molecule has 1 N–H and O–H groups in total. The summed E-state index contributed by atoms with van der Waals surface area (Å²) in [6.07, 6.45) is -1.08. The predicted octanol–water partition coefficient (Wildman–Crippen LogP) is 4.53. The summed E-state index contributed by atoms with van der Waals surface area (Å²) in [5.41, 5.74) is 1.93. The molecule has 0 amide bonds. The second-order valence-corrected chi connectivity index (χ2v) is 5.96. The number of rotatable bonds is 2. The molecule has 3 unspecified atom stereocenters. The SMILES string of the molecule is CC1CCC(C2CNc3ccc(OC(F)(F)F)cc32)C1. The van der Waals surface area contributed by atoms with Gasteiger partial charge in [-0.3, -0.25) is 0 Å². The summed E-state index contributed by atoms with van der Waals surface area (Å²) in [7, 11) is 0. The van der Waals surface area contributed by atoms with Gasteiger partial charge in [0.1, 0.15) is 5.75 Å². The van der Waals surface area contributed by atoms with Gasteiger partial charge >= 0.3 is 6.36 Å².